The first kappa shape index (κ1) is 15.1. The van der Waals surface area contributed by atoms with Crippen LogP contribution in [0, 0.1) is 13.8 Å². The minimum Gasteiger partial charge on any atom is -0.507 e. The van der Waals surface area contributed by atoms with Crippen LogP contribution in [0.2, 0.25) is 0 Å². The van der Waals surface area contributed by atoms with E-state index in [1.165, 1.54) is 6.07 Å². The van der Waals surface area contributed by atoms with E-state index in [0.717, 1.165) is 16.7 Å². The van der Waals surface area contributed by atoms with Crippen LogP contribution in [-0.2, 0) is 0 Å². The van der Waals surface area contributed by atoms with Gasteiger partial charge in [0.2, 0.25) is 0 Å². The minimum atomic E-state index is -0.503. The fourth-order valence-electron chi connectivity index (χ4n) is 2.80. The first-order chi connectivity index (χ1) is 11.1. The van der Waals surface area contributed by atoms with E-state index in [0.29, 0.717) is 5.76 Å². The summed E-state index contributed by atoms with van der Waals surface area (Å²) in [6.07, 6.45) is 0. The maximum atomic E-state index is 12.4. The van der Waals surface area contributed by atoms with Gasteiger partial charge in [-0.05, 0) is 25.0 Å². The third kappa shape index (κ3) is 3.04. The molecule has 0 fully saturated rings. The first-order valence-corrected chi connectivity index (χ1v) is 7.51. The third-order valence-corrected chi connectivity index (χ3v) is 3.92. The average Bonchev–Trinajstić information content (AvgIpc) is 2.53. The van der Waals surface area contributed by atoms with Crippen molar-refractivity contribution in [2.45, 2.75) is 19.8 Å². The Morgan fingerprint density at radius 3 is 2.13 bits per heavy atom. The summed E-state index contributed by atoms with van der Waals surface area (Å²) in [7, 11) is 0. The zero-order chi connectivity index (χ0) is 16.4. The van der Waals surface area contributed by atoms with Crippen molar-refractivity contribution in [1.29, 1.82) is 0 Å². The van der Waals surface area contributed by atoms with Crippen LogP contribution in [0.5, 0.6) is 5.75 Å². The van der Waals surface area contributed by atoms with Gasteiger partial charge in [0, 0.05) is 12.0 Å². The molecule has 1 aromatic heterocycles. The number of hydrogen-bond acceptors (Lipinski definition) is 3. The van der Waals surface area contributed by atoms with Gasteiger partial charge >= 0.3 is 5.63 Å². The molecule has 1 atom stereocenters. The summed E-state index contributed by atoms with van der Waals surface area (Å²) < 4.78 is 5.22. The van der Waals surface area contributed by atoms with Gasteiger partial charge < -0.3 is 9.52 Å². The van der Waals surface area contributed by atoms with E-state index in [1.807, 2.05) is 61.5 Å². The highest BCUT2D eigenvalue weighted by Gasteiger charge is 2.24. The number of aromatic hydroxyl groups is 1. The van der Waals surface area contributed by atoms with Gasteiger partial charge in [-0.1, -0.05) is 60.2 Å². The smallest absolute Gasteiger partial charge is 0.343 e. The molecule has 3 rings (SSSR count). The molecule has 1 heterocycles. The Morgan fingerprint density at radius 2 is 1.52 bits per heavy atom. The van der Waals surface area contributed by atoms with Crippen molar-refractivity contribution in [2.24, 2.45) is 0 Å². The van der Waals surface area contributed by atoms with Gasteiger partial charge in [0.25, 0.3) is 0 Å². The normalized spacial score (nSPS) is 12.1. The van der Waals surface area contributed by atoms with Gasteiger partial charge in [0.1, 0.15) is 11.5 Å². The lowest BCUT2D eigenvalue weighted by Crippen LogP contribution is -2.15. The number of benzene rings is 2. The van der Waals surface area contributed by atoms with Crippen LogP contribution in [0.4, 0.5) is 0 Å². The molecule has 116 valence electrons. The Labute approximate surface area is 134 Å². The summed E-state index contributed by atoms with van der Waals surface area (Å²) in [5.41, 5.74) is 2.78. The summed E-state index contributed by atoms with van der Waals surface area (Å²) in [6.45, 7) is 3.66. The monoisotopic (exact) mass is 306 g/mol. The fourth-order valence-corrected chi connectivity index (χ4v) is 2.80. The number of rotatable bonds is 3. The molecule has 0 saturated carbocycles. The molecule has 3 nitrogen and oxygen atoms in total. The predicted octanol–water partition coefficient (Wildman–Crippen LogP) is 4.14. The molecule has 3 heteroatoms. The van der Waals surface area contributed by atoms with Crippen LogP contribution in [0.15, 0.2) is 69.9 Å². The van der Waals surface area contributed by atoms with E-state index in [2.05, 4.69) is 0 Å². The van der Waals surface area contributed by atoms with Crippen LogP contribution in [0.3, 0.4) is 0 Å². The highest BCUT2D eigenvalue weighted by atomic mass is 16.4. The maximum absolute atomic E-state index is 12.4. The van der Waals surface area contributed by atoms with E-state index in [9.17, 15) is 9.90 Å². The first-order valence-electron chi connectivity index (χ1n) is 7.51. The van der Waals surface area contributed by atoms with Gasteiger partial charge in [-0.3, -0.25) is 0 Å². The molecule has 0 spiro atoms. The van der Waals surface area contributed by atoms with E-state index in [-0.39, 0.29) is 17.2 Å². The van der Waals surface area contributed by atoms with Gasteiger partial charge in [0.15, 0.2) is 0 Å². The van der Waals surface area contributed by atoms with E-state index >= 15 is 0 Å². The molecule has 0 amide bonds. The van der Waals surface area contributed by atoms with Gasteiger partial charge in [-0.2, -0.15) is 0 Å². The van der Waals surface area contributed by atoms with Crippen LogP contribution < -0.4 is 5.63 Å². The Kier molecular flexibility index (Phi) is 4.02. The quantitative estimate of drug-likeness (QED) is 0.791. The standard InChI is InChI=1S/C20H18O3/c1-13-8-10-16(11-9-13)18(15-6-4-3-5-7-15)19-17(21)12-14(2)23-20(19)22/h3-12,18,21H,1-2H3. The summed E-state index contributed by atoms with van der Waals surface area (Å²) in [4.78, 5) is 12.4. The van der Waals surface area contributed by atoms with Crippen LogP contribution in [0.1, 0.15) is 33.9 Å². The number of hydrogen-bond donors (Lipinski definition) is 1. The topological polar surface area (TPSA) is 50.4 Å². The molecule has 0 radical (unpaired) electrons. The maximum Gasteiger partial charge on any atom is 0.343 e. The lowest BCUT2D eigenvalue weighted by Gasteiger charge is -2.19. The molecule has 0 bridgehead atoms. The lowest BCUT2D eigenvalue weighted by atomic mass is 9.85. The molecule has 3 aromatic rings. The summed E-state index contributed by atoms with van der Waals surface area (Å²) in [5.74, 6) is -0.00574. The largest absolute Gasteiger partial charge is 0.507 e. The Hall–Kier alpha value is -2.81. The van der Waals surface area contributed by atoms with Crippen molar-refractivity contribution < 1.29 is 9.52 Å². The van der Waals surface area contributed by atoms with Crippen molar-refractivity contribution >= 4 is 0 Å². The fraction of sp³-hybridized carbons (Fsp3) is 0.150. The van der Waals surface area contributed by atoms with Gasteiger partial charge in [0.05, 0.1) is 5.56 Å². The summed E-state index contributed by atoms with van der Waals surface area (Å²) in [5, 5.41) is 10.4. The molecule has 0 aliphatic heterocycles. The Morgan fingerprint density at radius 1 is 0.913 bits per heavy atom. The molecule has 2 aromatic carbocycles. The number of aryl methyl sites for hydroxylation is 2. The van der Waals surface area contributed by atoms with Crippen molar-refractivity contribution in [3.05, 3.63) is 99.1 Å². The molecule has 0 saturated heterocycles. The Balaban J connectivity index is 2.25. The van der Waals surface area contributed by atoms with Crippen molar-refractivity contribution in [3.63, 3.8) is 0 Å². The summed E-state index contributed by atoms with van der Waals surface area (Å²) >= 11 is 0. The van der Waals surface area contributed by atoms with E-state index in [4.69, 9.17) is 4.42 Å². The van der Waals surface area contributed by atoms with Gasteiger partial charge in [-0.15, -0.1) is 0 Å². The van der Waals surface area contributed by atoms with E-state index in [1.54, 1.807) is 6.92 Å². The molecular formula is C20H18O3. The highest BCUT2D eigenvalue weighted by Crippen LogP contribution is 2.35. The zero-order valence-corrected chi connectivity index (χ0v) is 13.1. The van der Waals surface area contributed by atoms with Crippen molar-refractivity contribution in [1.82, 2.24) is 0 Å². The highest BCUT2D eigenvalue weighted by molar-refractivity contribution is 5.47. The SMILES string of the molecule is Cc1ccc(C(c2ccccc2)c2c(O)cc(C)oc2=O)cc1. The minimum absolute atomic E-state index is 0.0341. The van der Waals surface area contributed by atoms with Crippen LogP contribution >= 0.6 is 0 Å². The van der Waals surface area contributed by atoms with Crippen LogP contribution in [0.25, 0.3) is 0 Å². The molecule has 1 N–H and O–H groups in total. The second-order valence-corrected chi connectivity index (χ2v) is 5.70. The molecule has 23 heavy (non-hydrogen) atoms. The van der Waals surface area contributed by atoms with Crippen molar-refractivity contribution in [2.75, 3.05) is 0 Å². The van der Waals surface area contributed by atoms with Crippen LogP contribution in [-0.4, -0.2) is 5.11 Å². The molecular weight excluding hydrogens is 288 g/mol. The summed E-state index contributed by atoms with van der Waals surface area (Å²) in [6, 6.07) is 19.1. The second-order valence-electron chi connectivity index (χ2n) is 5.70. The van der Waals surface area contributed by atoms with Gasteiger partial charge in [-0.25, -0.2) is 4.79 Å². The average molecular weight is 306 g/mol. The zero-order valence-electron chi connectivity index (χ0n) is 13.1. The third-order valence-electron chi connectivity index (χ3n) is 3.92. The molecule has 1 unspecified atom stereocenters. The second kappa shape index (κ2) is 6.13. The lowest BCUT2D eigenvalue weighted by molar-refractivity contribution is 0.421. The Bertz CT molecular complexity index is 862. The molecule has 0 aliphatic carbocycles. The van der Waals surface area contributed by atoms with Crippen molar-refractivity contribution in [3.8, 4) is 5.75 Å². The molecule has 0 aliphatic rings. The predicted molar refractivity (Wildman–Crippen MR) is 89.9 cm³/mol. The van der Waals surface area contributed by atoms with E-state index < -0.39 is 5.63 Å².